The molecule has 0 aliphatic rings. The SMILES string of the molecule is CCOCC(COCC)OOCC(O)CO. The Morgan fingerprint density at radius 1 is 1.00 bits per heavy atom. The lowest BCUT2D eigenvalue weighted by atomic mass is 10.4. The average molecular weight is 238 g/mol. The lowest BCUT2D eigenvalue weighted by Crippen LogP contribution is -2.28. The van der Waals surface area contributed by atoms with Crippen LogP contribution in [-0.4, -0.2) is 62.1 Å². The van der Waals surface area contributed by atoms with E-state index in [1.54, 1.807) is 0 Å². The van der Waals surface area contributed by atoms with Crippen molar-refractivity contribution >= 4 is 0 Å². The van der Waals surface area contributed by atoms with Crippen LogP contribution < -0.4 is 0 Å². The molecule has 0 aromatic heterocycles. The van der Waals surface area contributed by atoms with E-state index in [2.05, 4.69) is 0 Å². The van der Waals surface area contributed by atoms with E-state index in [-0.39, 0.29) is 19.3 Å². The van der Waals surface area contributed by atoms with Crippen LogP contribution in [0.4, 0.5) is 0 Å². The van der Waals surface area contributed by atoms with Crippen molar-refractivity contribution in [1.82, 2.24) is 0 Å². The Hall–Kier alpha value is -0.240. The van der Waals surface area contributed by atoms with Gasteiger partial charge >= 0.3 is 0 Å². The van der Waals surface area contributed by atoms with Crippen LogP contribution in [0.2, 0.25) is 0 Å². The molecule has 0 aromatic rings. The second-order valence-corrected chi connectivity index (χ2v) is 3.16. The first-order valence-corrected chi connectivity index (χ1v) is 5.47. The highest BCUT2D eigenvalue weighted by atomic mass is 17.2. The molecule has 0 radical (unpaired) electrons. The molecule has 98 valence electrons. The van der Waals surface area contributed by atoms with Gasteiger partial charge in [-0.25, -0.2) is 9.78 Å². The topological polar surface area (TPSA) is 77.4 Å². The summed E-state index contributed by atoms with van der Waals surface area (Å²) in [6, 6.07) is 0. The summed E-state index contributed by atoms with van der Waals surface area (Å²) in [7, 11) is 0. The Labute approximate surface area is 96.0 Å². The lowest BCUT2D eigenvalue weighted by molar-refractivity contribution is -0.345. The molecule has 0 spiro atoms. The van der Waals surface area contributed by atoms with Gasteiger partial charge in [-0.2, -0.15) is 0 Å². The fourth-order valence-electron chi connectivity index (χ4n) is 0.869. The summed E-state index contributed by atoms with van der Waals surface area (Å²) >= 11 is 0. The van der Waals surface area contributed by atoms with Crippen molar-refractivity contribution in [2.75, 3.05) is 39.6 Å². The van der Waals surface area contributed by atoms with Crippen LogP contribution in [0, 0.1) is 0 Å². The van der Waals surface area contributed by atoms with Gasteiger partial charge in [0.1, 0.15) is 18.8 Å². The van der Waals surface area contributed by atoms with Crippen LogP contribution in [0.15, 0.2) is 0 Å². The summed E-state index contributed by atoms with van der Waals surface area (Å²) in [5, 5.41) is 17.6. The van der Waals surface area contributed by atoms with E-state index in [0.29, 0.717) is 26.4 Å². The van der Waals surface area contributed by atoms with Crippen molar-refractivity contribution in [1.29, 1.82) is 0 Å². The van der Waals surface area contributed by atoms with Gasteiger partial charge < -0.3 is 19.7 Å². The van der Waals surface area contributed by atoms with Crippen molar-refractivity contribution in [3.05, 3.63) is 0 Å². The molecule has 1 atom stereocenters. The van der Waals surface area contributed by atoms with E-state index in [1.807, 2.05) is 13.8 Å². The third kappa shape index (κ3) is 9.02. The minimum Gasteiger partial charge on any atom is -0.394 e. The van der Waals surface area contributed by atoms with Crippen LogP contribution in [0.1, 0.15) is 13.8 Å². The quantitative estimate of drug-likeness (QED) is 0.381. The van der Waals surface area contributed by atoms with Gasteiger partial charge in [-0.3, -0.25) is 0 Å². The summed E-state index contributed by atoms with van der Waals surface area (Å²) in [6.07, 6.45) is -1.26. The molecular weight excluding hydrogens is 216 g/mol. The second kappa shape index (κ2) is 11.3. The molecular formula is C10H22O6. The molecule has 0 fully saturated rings. The third-order valence-electron chi connectivity index (χ3n) is 1.69. The Morgan fingerprint density at radius 2 is 1.56 bits per heavy atom. The number of aliphatic hydroxyl groups excluding tert-OH is 2. The predicted octanol–water partition coefficient (Wildman–Crippen LogP) is -0.271. The van der Waals surface area contributed by atoms with Gasteiger partial charge in [0.2, 0.25) is 0 Å². The van der Waals surface area contributed by atoms with Crippen LogP contribution >= 0.6 is 0 Å². The van der Waals surface area contributed by atoms with Gasteiger partial charge in [0, 0.05) is 13.2 Å². The molecule has 6 heteroatoms. The van der Waals surface area contributed by atoms with Crippen LogP contribution in [0.3, 0.4) is 0 Å². The standard InChI is InChI=1S/C10H22O6/c1-3-13-7-10(8-14-4-2)16-15-6-9(12)5-11/h9-12H,3-8H2,1-2H3. The maximum Gasteiger partial charge on any atom is 0.139 e. The molecule has 1 unspecified atom stereocenters. The van der Waals surface area contributed by atoms with Gasteiger partial charge in [0.05, 0.1) is 19.8 Å². The molecule has 0 aliphatic heterocycles. The number of hydrogen-bond donors (Lipinski definition) is 2. The number of hydrogen-bond acceptors (Lipinski definition) is 6. The van der Waals surface area contributed by atoms with E-state index >= 15 is 0 Å². The van der Waals surface area contributed by atoms with Gasteiger partial charge in [-0.05, 0) is 13.8 Å². The first-order chi connectivity index (χ1) is 7.74. The normalized spacial score (nSPS) is 13.3. The van der Waals surface area contributed by atoms with Gasteiger partial charge in [0.15, 0.2) is 0 Å². The van der Waals surface area contributed by atoms with E-state index in [0.717, 1.165) is 0 Å². The van der Waals surface area contributed by atoms with Crippen molar-refractivity contribution in [3.63, 3.8) is 0 Å². The van der Waals surface area contributed by atoms with Crippen LogP contribution in [-0.2, 0) is 19.2 Å². The number of ether oxygens (including phenoxy) is 2. The Morgan fingerprint density at radius 3 is 2.00 bits per heavy atom. The zero-order chi connectivity index (χ0) is 12.2. The van der Waals surface area contributed by atoms with E-state index in [9.17, 15) is 0 Å². The Bertz CT molecular complexity index is 135. The molecule has 16 heavy (non-hydrogen) atoms. The van der Waals surface area contributed by atoms with Gasteiger partial charge in [-0.15, -0.1) is 0 Å². The molecule has 0 saturated carbocycles. The maximum atomic E-state index is 9.01. The largest absolute Gasteiger partial charge is 0.394 e. The zero-order valence-corrected chi connectivity index (χ0v) is 9.92. The van der Waals surface area contributed by atoms with Crippen molar-refractivity contribution < 1.29 is 29.5 Å². The minimum absolute atomic E-state index is 0.0781. The van der Waals surface area contributed by atoms with Crippen molar-refractivity contribution in [3.8, 4) is 0 Å². The highest BCUT2D eigenvalue weighted by Gasteiger charge is 2.12. The van der Waals surface area contributed by atoms with Crippen LogP contribution in [0.25, 0.3) is 0 Å². The molecule has 0 bridgehead atoms. The maximum absolute atomic E-state index is 9.01. The van der Waals surface area contributed by atoms with Crippen LogP contribution in [0.5, 0.6) is 0 Å². The monoisotopic (exact) mass is 238 g/mol. The molecule has 0 aliphatic carbocycles. The summed E-state index contributed by atoms with van der Waals surface area (Å²) in [4.78, 5) is 9.77. The molecule has 0 aromatic carbocycles. The average Bonchev–Trinajstić information content (AvgIpc) is 2.31. The second-order valence-electron chi connectivity index (χ2n) is 3.16. The predicted molar refractivity (Wildman–Crippen MR) is 56.9 cm³/mol. The summed E-state index contributed by atoms with van der Waals surface area (Å²) in [6.45, 7) is 5.24. The fraction of sp³-hybridized carbons (Fsp3) is 1.00. The Kier molecular flexibility index (Phi) is 11.1. The molecule has 0 rings (SSSR count). The van der Waals surface area contributed by atoms with E-state index in [1.165, 1.54) is 0 Å². The molecule has 0 saturated heterocycles. The van der Waals surface area contributed by atoms with Gasteiger partial charge in [0.25, 0.3) is 0 Å². The highest BCUT2D eigenvalue weighted by Crippen LogP contribution is 1.97. The summed E-state index contributed by atoms with van der Waals surface area (Å²) < 4.78 is 10.4. The van der Waals surface area contributed by atoms with E-state index < -0.39 is 6.10 Å². The summed E-state index contributed by atoms with van der Waals surface area (Å²) in [5.74, 6) is 0. The van der Waals surface area contributed by atoms with Gasteiger partial charge in [-0.1, -0.05) is 0 Å². The lowest BCUT2D eigenvalue weighted by Gasteiger charge is -2.17. The molecule has 0 heterocycles. The first-order valence-electron chi connectivity index (χ1n) is 5.47. The highest BCUT2D eigenvalue weighted by molar-refractivity contribution is 4.53. The summed E-state index contributed by atoms with van der Waals surface area (Å²) in [5.41, 5.74) is 0. The van der Waals surface area contributed by atoms with Crippen molar-refractivity contribution in [2.45, 2.75) is 26.1 Å². The molecule has 0 amide bonds. The molecule has 6 nitrogen and oxygen atoms in total. The molecule has 2 N–H and O–H groups in total. The number of aliphatic hydroxyl groups is 2. The smallest absolute Gasteiger partial charge is 0.139 e. The first kappa shape index (κ1) is 15.8. The minimum atomic E-state index is -0.931. The fourth-order valence-corrected chi connectivity index (χ4v) is 0.869. The number of rotatable bonds is 11. The van der Waals surface area contributed by atoms with E-state index in [4.69, 9.17) is 29.5 Å². The third-order valence-corrected chi connectivity index (χ3v) is 1.69. The van der Waals surface area contributed by atoms with Crippen molar-refractivity contribution in [2.24, 2.45) is 0 Å². The zero-order valence-electron chi connectivity index (χ0n) is 9.92. The Balaban J connectivity index is 3.63.